The number of aryl methyl sites for hydroxylation is 1. The number of unbranched alkanes of at least 4 members (excludes halogenated alkanes) is 1. The molecule has 1 rings (SSSR count). The van der Waals surface area contributed by atoms with Gasteiger partial charge >= 0.3 is 0 Å². The van der Waals surface area contributed by atoms with E-state index in [2.05, 4.69) is 6.92 Å². The van der Waals surface area contributed by atoms with E-state index in [1.165, 1.54) is 18.4 Å². The van der Waals surface area contributed by atoms with Crippen LogP contribution in [0.3, 0.4) is 0 Å². The van der Waals surface area contributed by atoms with E-state index in [0.29, 0.717) is 5.02 Å². The van der Waals surface area contributed by atoms with Gasteiger partial charge in [-0.05, 0) is 30.5 Å². The Morgan fingerprint density at radius 3 is 2.58 bits per heavy atom. The van der Waals surface area contributed by atoms with Crippen molar-refractivity contribution in [2.45, 2.75) is 26.2 Å². The van der Waals surface area contributed by atoms with Crippen LogP contribution in [-0.2, 0) is 6.42 Å². The summed E-state index contributed by atoms with van der Waals surface area (Å²) >= 11 is 11.7. The molecule has 0 fully saturated rings. The molecule has 2 heteroatoms. The molecule has 0 aromatic heterocycles. The average molecular weight is 203 g/mol. The molecule has 0 unspecified atom stereocenters. The molecule has 0 amide bonds. The van der Waals surface area contributed by atoms with E-state index < -0.39 is 0 Å². The van der Waals surface area contributed by atoms with Crippen molar-refractivity contribution in [2.75, 3.05) is 0 Å². The van der Waals surface area contributed by atoms with E-state index in [1.54, 1.807) is 6.07 Å². The van der Waals surface area contributed by atoms with Crippen molar-refractivity contribution < 1.29 is 0 Å². The van der Waals surface area contributed by atoms with Gasteiger partial charge in [0.25, 0.3) is 0 Å². The Balaban J connectivity index is 2.72. The van der Waals surface area contributed by atoms with E-state index in [9.17, 15) is 0 Å². The summed E-state index contributed by atoms with van der Waals surface area (Å²) in [4.78, 5) is 0. The van der Waals surface area contributed by atoms with Crippen LogP contribution < -0.4 is 0 Å². The van der Waals surface area contributed by atoms with Gasteiger partial charge in [-0.2, -0.15) is 0 Å². The first-order valence-electron chi connectivity index (χ1n) is 4.18. The predicted octanol–water partition coefficient (Wildman–Crippen LogP) is 4.34. The van der Waals surface area contributed by atoms with Crippen molar-refractivity contribution in [3.8, 4) is 0 Å². The monoisotopic (exact) mass is 202 g/mol. The standard InChI is InChI=1S/C10H12Cl2/c1-2-3-4-8-5-6-9(11)7-10(8)12/h5-7H,2-4H2,1H3. The Hall–Kier alpha value is -0.200. The van der Waals surface area contributed by atoms with E-state index in [1.807, 2.05) is 12.1 Å². The highest BCUT2D eigenvalue weighted by molar-refractivity contribution is 6.35. The molecule has 1 aromatic carbocycles. The van der Waals surface area contributed by atoms with Crippen LogP contribution >= 0.6 is 23.2 Å². The van der Waals surface area contributed by atoms with Crippen molar-refractivity contribution in [3.05, 3.63) is 33.8 Å². The molecule has 0 N–H and O–H groups in total. The molecule has 0 aliphatic heterocycles. The zero-order chi connectivity index (χ0) is 8.97. The second-order valence-corrected chi connectivity index (χ2v) is 3.68. The van der Waals surface area contributed by atoms with Gasteiger partial charge in [-0.25, -0.2) is 0 Å². The Labute approximate surface area is 83.5 Å². The van der Waals surface area contributed by atoms with Gasteiger partial charge in [-0.3, -0.25) is 0 Å². The van der Waals surface area contributed by atoms with E-state index in [4.69, 9.17) is 23.2 Å². The van der Waals surface area contributed by atoms with Crippen LogP contribution in [0.4, 0.5) is 0 Å². The van der Waals surface area contributed by atoms with Gasteiger partial charge in [0, 0.05) is 10.0 Å². The molecule has 0 aliphatic carbocycles. The summed E-state index contributed by atoms with van der Waals surface area (Å²) in [6.07, 6.45) is 3.42. The number of halogens is 2. The minimum absolute atomic E-state index is 0.709. The highest BCUT2D eigenvalue weighted by atomic mass is 35.5. The first-order valence-corrected chi connectivity index (χ1v) is 4.93. The van der Waals surface area contributed by atoms with E-state index >= 15 is 0 Å². The van der Waals surface area contributed by atoms with Gasteiger partial charge in [0.1, 0.15) is 0 Å². The average Bonchev–Trinajstić information content (AvgIpc) is 2.03. The molecule has 12 heavy (non-hydrogen) atoms. The minimum atomic E-state index is 0.709. The summed E-state index contributed by atoms with van der Waals surface area (Å²) in [5.41, 5.74) is 1.20. The van der Waals surface area contributed by atoms with Crippen LogP contribution in [0.15, 0.2) is 18.2 Å². The normalized spacial score (nSPS) is 10.2. The zero-order valence-corrected chi connectivity index (χ0v) is 8.62. The lowest BCUT2D eigenvalue weighted by Crippen LogP contribution is -1.85. The van der Waals surface area contributed by atoms with Crippen LogP contribution in [0.25, 0.3) is 0 Å². The van der Waals surface area contributed by atoms with Crippen molar-refractivity contribution >= 4 is 23.2 Å². The minimum Gasteiger partial charge on any atom is -0.0843 e. The van der Waals surface area contributed by atoms with Crippen molar-refractivity contribution in [2.24, 2.45) is 0 Å². The molecule has 1 aromatic rings. The largest absolute Gasteiger partial charge is 0.0843 e. The summed E-state index contributed by atoms with van der Waals surface area (Å²) in [6.45, 7) is 2.17. The molecule has 0 spiro atoms. The van der Waals surface area contributed by atoms with Gasteiger partial charge < -0.3 is 0 Å². The topological polar surface area (TPSA) is 0 Å². The van der Waals surface area contributed by atoms with Crippen LogP contribution in [0.1, 0.15) is 25.3 Å². The highest BCUT2D eigenvalue weighted by Gasteiger charge is 1.99. The van der Waals surface area contributed by atoms with Gasteiger partial charge in [-0.1, -0.05) is 42.6 Å². The number of benzene rings is 1. The van der Waals surface area contributed by atoms with Crippen molar-refractivity contribution in [1.82, 2.24) is 0 Å². The summed E-state index contributed by atoms with van der Waals surface area (Å²) in [5.74, 6) is 0. The van der Waals surface area contributed by atoms with E-state index in [0.717, 1.165) is 11.4 Å². The maximum atomic E-state index is 5.98. The van der Waals surface area contributed by atoms with Crippen LogP contribution in [0.2, 0.25) is 10.0 Å². The van der Waals surface area contributed by atoms with Gasteiger partial charge in [0.05, 0.1) is 0 Å². The third-order valence-corrected chi connectivity index (χ3v) is 2.40. The van der Waals surface area contributed by atoms with Crippen molar-refractivity contribution in [3.63, 3.8) is 0 Å². The fraction of sp³-hybridized carbons (Fsp3) is 0.400. The highest BCUT2D eigenvalue weighted by Crippen LogP contribution is 2.22. The number of hydrogen-bond donors (Lipinski definition) is 0. The molecule has 0 heterocycles. The van der Waals surface area contributed by atoms with Crippen molar-refractivity contribution in [1.29, 1.82) is 0 Å². The summed E-state index contributed by atoms with van der Waals surface area (Å²) in [6, 6.07) is 5.69. The number of rotatable bonds is 3. The summed E-state index contributed by atoms with van der Waals surface area (Å²) < 4.78 is 0. The number of hydrogen-bond acceptors (Lipinski definition) is 0. The first-order chi connectivity index (χ1) is 5.74. The van der Waals surface area contributed by atoms with Crippen LogP contribution in [-0.4, -0.2) is 0 Å². The fourth-order valence-electron chi connectivity index (χ4n) is 1.09. The lowest BCUT2D eigenvalue weighted by atomic mass is 10.1. The smallest absolute Gasteiger partial charge is 0.0452 e. The SMILES string of the molecule is CCCCc1ccc(Cl)cc1Cl. The molecule has 0 saturated heterocycles. The maximum absolute atomic E-state index is 5.98. The van der Waals surface area contributed by atoms with Gasteiger partial charge in [0.15, 0.2) is 0 Å². The molecule has 66 valence electrons. The lowest BCUT2D eigenvalue weighted by molar-refractivity contribution is 0.795. The van der Waals surface area contributed by atoms with Crippen LogP contribution in [0.5, 0.6) is 0 Å². The molecule has 0 saturated carbocycles. The molecule has 0 atom stereocenters. The molecule has 0 radical (unpaired) electrons. The Morgan fingerprint density at radius 2 is 2.00 bits per heavy atom. The van der Waals surface area contributed by atoms with Gasteiger partial charge in [-0.15, -0.1) is 0 Å². The van der Waals surface area contributed by atoms with Crippen LogP contribution in [0, 0.1) is 0 Å². The molecule has 0 aliphatic rings. The summed E-state index contributed by atoms with van der Waals surface area (Å²) in [7, 11) is 0. The Bertz CT molecular complexity index is 256. The molecule has 0 nitrogen and oxygen atoms in total. The predicted molar refractivity (Wildman–Crippen MR) is 55.1 cm³/mol. The Kier molecular flexibility index (Phi) is 3.90. The first kappa shape index (κ1) is 9.88. The lowest BCUT2D eigenvalue weighted by Gasteiger charge is -2.02. The second-order valence-electron chi connectivity index (χ2n) is 2.84. The summed E-state index contributed by atoms with van der Waals surface area (Å²) in [5, 5.41) is 1.50. The zero-order valence-electron chi connectivity index (χ0n) is 7.11. The fourth-order valence-corrected chi connectivity index (χ4v) is 1.59. The molecule has 0 bridgehead atoms. The Morgan fingerprint density at radius 1 is 1.25 bits per heavy atom. The quantitative estimate of drug-likeness (QED) is 0.685. The second kappa shape index (κ2) is 4.74. The van der Waals surface area contributed by atoms with E-state index in [-0.39, 0.29) is 0 Å². The maximum Gasteiger partial charge on any atom is 0.0452 e. The molecular weight excluding hydrogens is 191 g/mol. The third kappa shape index (κ3) is 2.69. The van der Waals surface area contributed by atoms with Gasteiger partial charge in [0.2, 0.25) is 0 Å². The molecular formula is C10H12Cl2. The third-order valence-electron chi connectivity index (χ3n) is 1.81.